The van der Waals surface area contributed by atoms with E-state index in [-0.39, 0.29) is 5.91 Å². The molecule has 7 nitrogen and oxygen atoms in total. The highest BCUT2D eigenvalue weighted by Crippen LogP contribution is 2.21. The summed E-state index contributed by atoms with van der Waals surface area (Å²) >= 11 is 1.56. The number of thioether (sulfide) groups is 1. The zero-order valence-electron chi connectivity index (χ0n) is 14.0. The number of amides is 1. The Balaban J connectivity index is 1.44. The van der Waals surface area contributed by atoms with Gasteiger partial charge in [-0.15, -0.1) is 0 Å². The SMILES string of the molecule is Cc1cc(NC(=O)CCSCc2nc(-c3ccccc3C)no2)no1. The molecule has 130 valence electrons. The first kappa shape index (κ1) is 17.2. The van der Waals surface area contributed by atoms with Gasteiger partial charge in [0.05, 0.1) is 5.75 Å². The third kappa shape index (κ3) is 4.69. The van der Waals surface area contributed by atoms with Crippen LogP contribution in [0.4, 0.5) is 5.82 Å². The molecule has 0 fully saturated rings. The standard InChI is InChI=1S/C17H18N4O3S/c1-11-5-3-4-6-13(11)17-19-16(24-21-17)10-25-8-7-15(22)18-14-9-12(2)23-20-14/h3-6,9H,7-8,10H2,1-2H3,(H,18,20,22). The second-order valence-electron chi connectivity index (χ2n) is 5.50. The third-order valence-corrected chi connectivity index (χ3v) is 4.39. The Morgan fingerprint density at radius 2 is 2.04 bits per heavy atom. The van der Waals surface area contributed by atoms with Crippen LogP contribution in [0.2, 0.25) is 0 Å². The van der Waals surface area contributed by atoms with Gasteiger partial charge in [-0.2, -0.15) is 16.7 Å². The van der Waals surface area contributed by atoms with Crippen LogP contribution in [0.3, 0.4) is 0 Å². The van der Waals surface area contributed by atoms with Crippen LogP contribution in [0.15, 0.2) is 39.4 Å². The Hall–Kier alpha value is -2.61. The number of nitrogens with zero attached hydrogens (tertiary/aromatic N) is 3. The molecule has 0 aliphatic carbocycles. The molecule has 3 aromatic rings. The fourth-order valence-electron chi connectivity index (χ4n) is 2.20. The minimum atomic E-state index is -0.105. The highest BCUT2D eigenvalue weighted by atomic mass is 32.2. The summed E-state index contributed by atoms with van der Waals surface area (Å²) in [5.41, 5.74) is 2.06. The second-order valence-corrected chi connectivity index (χ2v) is 6.61. The van der Waals surface area contributed by atoms with Crippen LogP contribution < -0.4 is 5.32 Å². The molecule has 0 aliphatic rings. The van der Waals surface area contributed by atoms with E-state index in [9.17, 15) is 4.79 Å². The molecule has 3 rings (SSSR count). The maximum absolute atomic E-state index is 11.8. The minimum absolute atomic E-state index is 0.105. The van der Waals surface area contributed by atoms with Gasteiger partial charge >= 0.3 is 0 Å². The smallest absolute Gasteiger partial charge is 0.236 e. The van der Waals surface area contributed by atoms with E-state index in [0.717, 1.165) is 11.1 Å². The highest BCUT2D eigenvalue weighted by molar-refractivity contribution is 7.98. The summed E-state index contributed by atoms with van der Waals surface area (Å²) in [6, 6.07) is 9.57. The lowest BCUT2D eigenvalue weighted by molar-refractivity contribution is -0.115. The van der Waals surface area contributed by atoms with Gasteiger partial charge in [-0.05, 0) is 19.4 Å². The highest BCUT2D eigenvalue weighted by Gasteiger charge is 2.11. The molecule has 0 unspecified atom stereocenters. The lowest BCUT2D eigenvalue weighted by Crippen LogP contribution is -2.12. The lowest BCUT2D eigenvalue weighted by Gasteiger charge is -2.00. The number of carbonyl (C=O) groups is 1. The van der Waals surface area contributed by atoms with E-state index in [4.69, 9.17) is 9.05 Å². The second kappa shape index (κ2) is 7.98. The molecular formula is C17H18N4O3S. The van der Waals surface area contributed by atoms with Crippen LogP contribution in [-0.4, -0.2) is 27.0 Å². The molecule has 0 saturated carbocycles. The van der Waals surface area contributed by atoms with Crippen LogP contribution in [0.25, 0.3) is 11.4 Å². The first-order chi connectivity index (χ1) is 12.1. The zero-order chi connectivity index (χ0) is 17.6. The van der Waals surface area contributed by atoms with Gasteiger partial charge < -0.3 is 14.4 Å². The number of nitrogens with one attached hydrogen (secondary N) is 1. The van der Waals surface area contributed by atoms with E-state index >= 15 is 0 Å². The quantitative estimate of drug-likeness (QED) is 0.645. The van der Waals surface area contributed by atoms with E-state index in [0.29, 0.717) is 41.2 Å². The van der Waals surface area contributed by atoms with Crippen molar-refractivity contribution in [3.8, 4) is 11.4 Å². The number of anilines is 1. The predicted molar refractivity (Wildman–Crippen MR) is 95.1 cm³/mol. The maximum Gasteiger partial charge on any atom is 0.236 e. The molecule has 0 aliphatic heterocycles. The fraction of sp³-hybridized carbons (Fsp3) is 0.294. The van der Waals surface area contributed by atoms with Gasteiger partial charge in [0, 0.05) is 23.8 Å². The summed E-state index contributed by atoms with van der Waals surface area (Å²) in [6.45, 7) is 3.78. The van der Waals surface area contributed by atoms with Crippen molar-refractivity contribution < 1.29 is 13.8 Å². The number of rotatable bonds is 7. The van der Waals surface area contributed by atoms with E-state index in [1.165, 1.54) is 0 Å². The van der Waals surface area contributed by atoms with Crippen molar-refractivity contribution in [1.82, 2.24) is 15.3 Å². The number of hydrogen-bond donors (Lipinski definition) is 1. The molecular weight excluding hydrogens is 340 g/mol. The van der Waals surface area contributed by atoms with Crippen molar-refractivity contribution in [3.05, 3.63) is 47.5 Å². The average molecular weight is 358 g/mol. The minimum Gasteiger partial charge on any atom is -0.360 e. The van der Waals surface area contributed by atoms with Crippen LogP contribution >= 0.6 is 11.8 Å². The Labute approximate surface area is 149 Å². The zero-order valence-corrected chi connectivity index (χ0v) is 14.8. The van der Waals surface area contributed by atoms with E-state index in [1.807, 2.05) is 31.2 Å². The molecule has 1 N–H and O–H groups in total. The van der Waals surface area contributed by atoms with Crippen molar-refractivity contribution in [2.24, 2.45) is 0 Å². The van der Waals surface area contributed by atoms with Crippen LogP contribution in [0.1, 0.15) is 23.6 Å². The van der Waals surface area contributed by atoms with Gasteiger partial charge in [-0.3, -0.25) is 4.79 Å². The largest absolute Gasteiger partial charge is 0.360 e. The molecule has 2 heterocycles. The Morgan fingerprint density at radius 3 is 2.80 bits per heavy atom. The van der Waals surface area contributed by atoms with Gasteiger partial charge in [-0.25, -0.2) is 0 Å². The van der Waals surface area contributed by atoms with E-state index in [1.54, 1.807) is 24.8 Å². The fourth-order valence-corrected chi connectivity index (χ4v) is 2.97. The molecule has 0 radical (unpaired) electrons. The first-order valence-corrected chi connectivity index (χ1v) is 8.97. The van der Waals surface area contributed by atoms with Crippen molar-refractivity contribution in [3.63, 3.8) is 0 Å². The summed E-state index contributed by atoms with van der Waals surface area (Å²) in [5.74, 6) is 3.34. The van der Waals surface area contributed by atoms with Crippen molar-refractivity contribution >= 4 is 23.5 Å². The summed E-state index contributed by atoms with van der Waals surface area (Å²) in [7, 11) is 0. The monoisotopic (exact) mass is 358 g/mol. The number of aryl methyl sites for hydroxylation is 2. The average Bonchev–Trinajstić information content (AvgIpc) is 3.21. The lowest BCUT2D eigenvalue weighted by atomic mass is 10.1. The number of benzene rings is 1. The van der Waals surface area contributed by atoms with Gasteiger partial charge in [0.25, 0.3) is 0 Å². The van der Waals surface area contributed by atoms with E-state index < -0.39 is 0 Å². The topological polar surface area (TPSA) is 94.1 Å². The van der Waals surface area contributed by atoms with Crippen LogP contribution in [0, 0.1) is 13.8 Å². The Morgan fingerprint density at radius 1 is 1.20 bits per heavy atom. The van der Waals surface area contributed by atoms with E-state index in [2.05, 4.69) is 20.6 Å². The van der Waals surface area contributed by atoms with Crippen molar-refractivity contribution in [2.45, 2.75) is 26.0 Å². The maximum atomic E-state index is 11.8. The normalized spacial score (nSPS) is 10.8. The first-order valence-electron chi connectivity index (χ1n) is 7.81. The van der Waals surface area contributed by atoms with Gasteiger partial charge in [0.15, 0.2) is 5.82 Å². The Kier molecular flexibility index (Phi) is 5.49. The molecule has 0 spiro atoms. The molecule has 1 amide bonds. The summed E-state index contributed by atoms with van der Waals surface area (Å²) in [5, 5.41) is 10.4. The van der Waals surface area contributed by atoms with Crippen LogP contribution in [0.5, 0.6) is 0 Å². The number of carbonyl (C=O) groups excluding carboxylic acids is 1. The Bertz CT molecular complexity index is 859. The molecule has 8 heteroatoms. The van der Waals surface area contributed by atoms with Gasteiger partial charge in [0.1, 0.15) is 5.76 Å². The van der Waals surface area contributed by atoms with Crippen molar-refractivity contribution in [2.75, 3.05) is 11.1 Å². The number of aromatic nitrogens is 3. The molecule has 0 atom stereocenters. The summed E-state index contributed by atoms with van der Waals surface area (Å²) < 4.78 is 10.2. The van der Waals surface area contributed by atoms with Gasteiger partial charge in [-0.1, -0.05) is 34.6 Å². The molecule has 2 aromatic heterocycles. The van der Waals surface area contributed by atoms with Gasteiger partial charge in [0.2, 0.25) is 17.6 Å². The number of hydrogen-bond acceptors (Lipinski definition) is 7. The molecule has 25 heavy (non-hydrogen) atoms. The molecule has 1 aromatic carbocycles. The predicted octanol–water partition coefficient (Wildman–Crippen LogP) is 3.60. The molecule has 0 saturated heterocycles. The summed E-state index contributed by atoms with van der Waals surface area (Å²) in [4.78, 5) is 16.2. The summed E-state index contributed by atoms with van der Waals surface area (Å²) in [6.07, 6.45) is 0.370. The van der Waals surface area contributed by atoms with Crippen LogP contribution in [-0.2, 0) is 10.5 Å². The molecule has 0 bridgehead atoms. The van der Waals surface area contributed by atoms with Crippen molar-refractivity contribution in [1.29, 1.82) is 0 Å². The third-order valence-electron chi connectivity index (χ3n) is 3.45.